The maximum atomic E-state index is 11.2. The van der Waals surface area contributed by atoms with Gasteiger partial charge in [0.2, 0.25) is 0 Å². The summed E-state index contributed by atoms with van der Waals surface area (Å²) in [5, 5.41) is 0. The zero-order valence-electron chi connectivity index (χ0n) is 12.6. The first-order chi connectivity index (χ1) is 9.31. The van der Waals surface area contributed by atoms with Crippen molar-refractivity contribution in [2.75, 3.05) is 0 Å². The molecule has 0 N–H and O–H groups in total. The molecule has 0 radical (unpaired) electrons. The highest BCUT2D eigenvalue weighted by atomic mass is 16.5. The number of pyridine rings is 1. The Morgan fingerprint density at radius 1 is 1.25 bits per heavy atom. The Balaban J connectivity index is 3.22. The lowest BCUT2D eigenvalue weighted by atomic mass is 9.99. The van der Waals surface area contributed by atoms with Gasteiger partial charge in [0.15, 0.2) is 5.75 Å². The van der Waals surface area contributed by atoms with Crippen LogP contribution >= 0.6 is 0 Å². The van der Waals surface area contributed by atoms with Gasteiger partial charge in [-0.25, -0.2) is 0 Å². The van der Waals surface area contributed by atoms with Crippen molar-refractivity contribution >= 4 is 11.9 Å². The Morgan fingerprint density at radius 3 is 2.40 bits per heavy atom. The van der Waals surface area contributed by atoms with Gasteiger partial charge < -0.3 is 9.47 Å². The molecule has 110 valence electrons. The lowest BCUT2D eigenvalue weighted by molar-refractivity contribution is -0.142. The molecule has 1 heterocycles. The summed E-state index contributed by atoms with van der Waals surface area (Å²) in [5.74, 6) is 0.0297. The van der Waals surface area contributed by atoms with Crippen LogP contribution in [0.1, 0.15) is 44.5 Å². The van der Waals surface area contributed by atoms with E-state index in [4.69, 9.17) is 9.47 Å². The molecular formula is C15H21NO4. The minimum absolute atomic E-state index is 0.0867. The Kier molecular flexibility index (Phi) is 5.67. The Morgan fingerprint density at radius 2 is 1.90 bits per heavy atom. The number of carbonyl (C=O) groups excluding carboxylic acids is 2. The highest BCUT2D eigenvalue weighted by Gasteiger charge is 2.17. The lowest BCUT2D eigenvalue weighted by Crippen LogP contribution is -2.12. The number of aromatic nitrogens is 1. The van der Waals surface area contributed by atoms with Crippen molar-refractivity contribution in [3.8, 4) is 5.75 Å². The van der Waals surface area contributed by atoms with Crippen molar-refractivity contribution in [3.63, 3.8) is 0 Å². The van der Waals surface area contributed by atoms with Gasteiger partial charge in [0.05, 0.1) is 5.69 Å². The quantitative estimate of drug-likeness (QED) is 0.775. The van der Waals surface area contributed by atoms with E-state index in [-0.39, 0.29) is 12.6 Å². The number of ether oxygens (including phenoxy) is 2. The summed E-state index contributed by atoms with van der Waals surface area (Å²) in [6.45, 7) is 8.70. The zero-order chi connectivity index (χ0) is 15.3. The molecule has 0 bridgehead atoms. The van der Waals surface area contributed by atoms with Crippen LogP contribution in [-0.2, 0) is 27.4 Å². The molecule has 0 aromatic carbocycles. The molecule has 1 aromatic rings. The van der Waals surface area contributed by atoms with E-state index in [1.165, 1.54) is 13.8 Å². The van der Waals surface area contributed by atoms with E-state index in [0.29, 0.717) is 17.4 Å². The molecular weight excluding hydrogens is 258 g/mol. The first kappa shape index (κ1) is 16.1. The molecule has 0 unspecified atom stereocenters. The molecule has 0 saturated carbocycles. The van der Waals surface area contributed by atoms with E-state index in [0.717, 1.165) is 17.5 Å². The molecule has 0 atom stereocenters. The van der Waals surface area contributed by atoms with Gasteiger partial charge in [-0.15, -0.1) is 0 Å². The van der Waals surface area contributed by atoms with Gasteiger partial charge >= 0.3 is 11.9 Å². The van der Waals surface area contributed by atoms with Crippen molar-refractivity contribution in [1.82, 2.24) is 4.98 Å². The van der Waals surface area contributed by atoms with Crippen LogP contribution in [0.4, 0.5) is 0 Å². The fourth-order valence-electron chi connectivity index (χ4n) is 1.90. The number of carbonyl (C=O) groups is 2. The van der Waals surface area contributed by atoms with E-state index < -0.39 is 5.97 Å². The van der Waals surface area contributed by atoms with Gasteiger partial charge in [0, 0.05) is 25.6 Å². The largest absolute Gasteiger partial charge is 0.461 e. The lowest BCUT2D eigenvalue weighted by Gasteiger charge is -2.16. The molecule has 0 amide bonds. The normalized spacial score (nSPS) is 10.5. The highest BCUT2D eigenvalue weighted by molar-refractivity contribution is 5.70. The van der Waals surface area contributed by atoms with E-state index >= 15 is 0 Å². The smallest absolute Gasteiger partial charge is 0.308 e. The number of esters is 2. The van der Waals surface area contributed by atoms with Crippen LogP contribution in [0.2, 0.25) is 0 Å². The number of hydrogen-bond acceptors (Lipinski definition) is 5. The average Bonchev–Trinajstić information content (AvgIpc) is 2.31. The summed E-state index contributed by atoms with van der Waals surface area (Å²) in [4.78, 5) is 26.5. The summed E-state index contributed by atoms with van der Waals surface area (Å²) >= 11 is 0. The topological polar surface area (TPSA) is 65.5 Å². The standard InChI is InChI=1S/C15H21NO4/c1-9(2)6-13-7-16-10(3)15(20-12(5)18)14(13)8-19-11(4)17/h7,9H,6,8H2,1-5H3. The van der Waals surface area contributed by atoms with Gasteiger partial charge in [-0.2, -0.15) is 0 Å². The van der Waals surface area contributed by atoms with Gasteiger partial charge in [-0.05, 0) is 24.8 Å². The molecule has 0 aliphatic carbocycles. The molecule has 1 aromatic heterocycles. The first-order valence-electron chi connectivity index (χ1n) is 6.60. The van der Waals surface area contributed by atoms with Gasteiger partial charge in [-0.3, -0.25) is 14.6 Å². The number of hydrogen-bond donors (Lipinski definition) is 0. The molecule has 5 nitrogen and oxygen atoms in total. The Bertz CT molecular complexity index is 509. The van der Waals surface area contributed by atoms with Gasteiger partial charge in [0.25, 0.3) is 0 Å². The van der Waals surface area contributed by atoms with Crippen LogP contribution in [0.25, 0.3) is 0 Å². The van der Waals surface area contributed by atoms with Crippen molar-refractivity contribution in [3.05, 3.63) is 23.0 Å². The van der Waals surface area contributed by atoms with Crippen molar-refractivity contribution in [2.45, 2.75) is 47.6 Å². The molecule has 5 heteroatoms. The van der Waals surface area contributed by atoms with Crippen LogP contribution in [0.5, 0.6) is 5.75 Å². The molecule has 0 aliphatic rings. The molecule has 0 spiro atoms. The van der Waals surface area contributed by atoms with E-state index in [2.05, 4.69) is 18.8 Å². The predicted molar refractivity (Wildman–Crippen MR) is 74.3 cm³/mol. The maximum absolute atomic E-state index is 11.2. The third kappa shape index (κ3) is 4.64. The monoisotopic (exact) mass is 279 g/mol. The Hall–Kier alpha value is -1.91. The third-order valence-electron chi connectivity index (χ3n) is 2.70. The first-order valence-corrected chi connectivity index (χ1v) is 6.60. The van der Waals surface area contributed by atoms with E-state index in [1.54, 1.807) is 13.1 Å². The van der Waals surface area contributed by atoms with Crippen LogP contribution in [0, 0.1) is 12.8 Å². The minimum Gasteiger partial charge on any atom is -0.461 e. The SMILES string of the molecule is CC(=O)OCc1c(CC(C)C)cnc(C)c1OC(C)=O. The van der Waals surface area contributed by atoms with Gasteiger partial charge in [-0.1, -0.05) is 13.8 Å². The summed E-state index contributed by atoms with van der Waals surface area (Å²) < 4.78 is 10.3. The van der Waals surface area contributed by atoms with E-state index in [1.807, 2.05) is 0 Å². The van der Waals surface area contributed by atoms with Crippen LogP contribution in [0.3, 0.4) is 0 Å². The second-order valence-corrected chi connectivity index (χ2v) is 5.15. The summed E-state index contributed by atoms with van der Waals surface area (Å²) in [6, 6.07) is 0. The molecule has 20 heavy (non-hydrogen) atoms. The second kappa shape index (κ2) is 7.03. The summed E-state index contributed by atoms with van der Waals surface area (Å²) in [6.07, 6.45) is 2.53. The van der Waals surface area contributed by atoms with Crippen molar-refractivity contribution < 1.29 is 19.1 Å². The minimum atomic E-state index is -0.416. The fourth-order valence-corrected chi connectivity index (χ4v) is 1.90. The Labute approximate surface area is 119 Å². The molecule has 0 fully saturated rings. The van der Waals surface area contributed by atoms with Crippen LogP contribution in [0.15, 0.2) is 6.20 Å². The third-order valence-corrected chi connectivity index (χ3v) is 2.70. The average molecular weight is 279 g/mol. The van der Waals surface area contributed by atoms with Crippen LogP contribution < -0.4 is 4.74 Å². The second-order valence-electron chi connectivity index (χ2n) is 5.15. The highest BCUT2D eigenvalue weighted by Crippen LogP contribution is 2.28. The predicted octanol–water partition coefficient (Wildman–Crippen LogP) is 2.58. The van der Waals surface area contributed by atoms with Crippen molar-refractivity contribution in [2.24, 2.45) is 5.92 Å². The van der Waals surface area contributed by atoms with Crippen LogP contribution in [-0.4, -0.2) is 16.9 Å². The maximum Gasteiger partial charge on any atom is 0.308 e. The number of nitrogens with zero attached hydrogens (tertiary/aromatic N) is 1. The number of rotatable bonds is 5. The molecule has 0 aliphatic heterocycles. The fraction of sp³-hybridized carbons (Fsp3) is 0.533. The summed E-state index contributed by atoms with van der Waals surface area (Å²) in [5.41, 5.74) is 2.26. The van der Waals surface area contributed by atoms with E-state index in [9.17, 15) is 9.59 Å². The molecule has 1 rings (SSSR count). The summed E-state index contributed by atoms with van der Waals surface area (Å²) in [7, 11) is 0. The van der Waals surface area contributed by atoms with Gasteiger partial charge in [0.1, 0.15) is 6.61 Å². The van der Waals surface area contributed by atoms with Crippen molar-refractivity contribution in [1.29, 1.82) is 0 Å². The zero-order valence-corrected chi connectivity index (χ0v) is 12.6. The number of aryl methyl sites for hydroxylation is 1. The molecule has 0 saturated heterocycles.